The zero-order valence-electron chi connectivity index (χ0n) is 11.0. The van der Waals surface area contributed by atoms with Crippen molar-refractivity contribution in [1.82, 2.24) is 4.98 Å². The highest BCUT2D eigenvalue weighted by Crippen LogP contribution is 2.23. The van der Waals surface area contributed by atoms with Crippen LogP contribution in [0.1, 0.15) is 11.3 Å². The minimum absolute atomic E-state index is 0.240. The molecule has 0 aliphatic heterocycles. The Morgan fingerprint density at radius 2 is 1.81 bits per heavy atom. The van der Waals surface area contributed by atoms with Gasteiger partial charge in [0.1, 0.15) is 10.9 Å². The number of ether oxygens (including phenoxy) is 1. The van der Waals surface area contributed by atoms with Crippen LogP contribution in [0.25, 0.3) is 0 Å². The van der Waals surface area contributed by atoms with Crippen molar-refractivity contribution in [1.29, 1.82) is 0 Å². The van der Waals surface area contributed by atoms with E-state index in [1.54, 1.807) is 24.3 Å². The van der Waals surface area contributed by atoms with Crippen LogP contribution in [-0.4, -0.2) is 11.3 Å². The maximum absolute atomic E-state index is 12.0. The first-order valence-electron chi connectivity index (χ1n) is 6.05. The third-order valence-electron chi connectivity index (χ3n) is 2.69. The molecule has 0 amide bonds. The fraction of sp³-hybridized carbons (Fsp3) is 0.214. The van der Waals surface area contributed by atoms with Gasteiger partial charge in [0.25, 0.3) is 0 Å². The first-order chi connectivity index (χ1) is 9.83. The van der Waals surface area contributed by atoms with Gasteiger partial charge in [-0.05, 0) is 36.8 Å². The summed E-state index contributed by atoms with van der Waals surface area (Å²) < 4.78 is 39.9. The summed E-state index contributed by atoms with van der Waals surface area (Å²) in [7, 11) is 0. The molecule has 1 aromatic carbocycles. The normalized spacial score (nSPS) is 11.3. The van der Waals surface area contributed by atoms with Crippen molar-refractivity contribution in [3.8, 4) is 5.75 Å². The van der Waals surface area contributed by atoms with E-state index in [-0.39, 0.29) is 5.75 Å². The number of aromatic nitrogens is 1. The van der Waals surface area contributed by atoms with Gasteiger partial charge < -0.3 is 10.1 Å². The second-order valence-electron chi connectivity index (χ2n) is 4.31. The molecule has 0 aliphatic carbocycles. The lowest BCUT2D eigenvalue weighted by Gasteiger charge is -2.11. The summed E-state index contributed by atoms with van der Waals surface area (Å²) in [4.78, 5) is 4.10. The molecular formula is C14H12ClF3N2O. The van der Waals surface area contributed by atoms with Gasteiger partial charge in [0.05, 0.1) is 11.4 Å². The van der Waals surface area contributed by atoms with Crippen molar-refractivity contribution in [2.24, 2.45) is 0 Å². The molecule has 1 heterocycles. The average Bonchev–Trinajstić information content (AvgIpc) is 2.38. The van der Waals surface area contributed by atoms with E-state index in [1.807, 2.05) is 6.92 Å². The van der Waals surface area contributed by atoms with Crippen LogP contribution < -0.4 is 10.1 Å². The molecule has 1 N–H and O–H groups in total. The molecule has 0 saturated heterocycles. The Bertz CT molecular complexity index is 615. The molecule has 0 unspecified atom stereocenters. The van der Waals surface area contributed by atoms with Crippen LogP contribution in [0.2, 0.25) is 5.15 Å². The molecule has 0 bridgehead atoms. The SMILES string of the molecule is Cc1nc(Cl)ccc1NCc1ccc(OC(F)(F)F)cc1. The molecule has 0 atom stereocenters. The lowest BCUT2D eigenvalue weighted by Crippen LogP contribution is -2.17. The minimum atomic E-state index is -4.67. The van der Waals surface area contributed by atoms with Crippen LogP contribution in [0.15, 0.2) is 36.4 Å². The molecule has 112 valence electrons. The van der Waals surface area contributed by atoms with E-state index < -0.39 is 6.36 Å². The number of nitrogens with one attached hydrogen (secondary N) is 1. The number of halogens is 4. The Morgan fingerprint density at radius 1 is 1.14 bits per heavy atom. The van der Waals surface area contributed by atoms with Gasteiger partial charge in [0.15, 0.2) is 0 Å². The molecule has 0 aliphatic rings. The predicted octanol–water partition coefficient (Wildman–Crippen LogP) is 4.55. The van der Waals surface area contributed by atoms with Gasteiger partial charge in [-0.1, -0.05) is 23.7 Å². The van der Waals surface area contributed by atoms with Crippen molar-refractivity contribution < 1.29 is 17.9 Å². The monoisotopic (exact) mass is 316 g/mol. The van der Waals surface area contributed by atoms with E-state index >= 15 is 0 Å². The predicted molar refractivity (Wildman–Crippen MR) is 74.4 cm³/mol. The van der Waals surface area contributed by atoms with E-state index in [1.165, 1.54) is 12.1 Å². The molecule has 0 fully saturated rings. The molecule has 2 rings (SSSR count). The molecule has 1 aromatic heterocycles. The molecule has 0 saturated carbocycles. The first kappa shape index (κ1) is 15.4. The summed E-state index contributed by atoms with van der Waals surface area (Å²) in [5, 5.41) is 3.55. The van der Waals surface area contributed by atoms with Crippen LogP contribution in [-0.2, 0) is 6.54 Å². The van der Waals surface area contributed by atoms with Crippen LogP contribution in [0, 0.1) is 6.92 Å². The van der Waals surface area contributed by atoms with Crippen LogP contribution in [0.3, 0.4) is 0 Å². The van der Waals surface area contributed by atoms with Gasteiger partial charge in [-0.25, -0.2) is 4.98 Å². The van der Waals surface area contributed by atoms with Crippen LogP contribution >= 0.6 is 11.6 Å². The third kappa shape index (κ3) is 4.82. The summed E-state index contributed by atoms with van der Waals surface area (Å²) in [6, 6.07) is 9.14. The highest BCUT2D eigenvalue weighted by molar-refractivity contribution is 6.29. The van der Waals surface area contributed by atoms with Crippen LogP contribution in [0.5, 0.6) is 5.75 Å². The molecule has 0 radical (unpaired) electrons. The van der Waals surface area contributed by atoms with Gasteiger partial charge in [0, 0.05) is 6.54 Å². The fourth-order valence-corrected chi connectivity index (χ4v) is 1.91. The summed E-state index contributed by atoms with van der Waals surface area (Å²) in [6.45, 7) is 2.27. The number of benzene rings is 1. The number of aryl methyl sites for hydroxylation is 1. The van der Waals surface area contributed by atoms with E-state index in [2.05, 4.69) is 15.0 Å². The topological polar surface area (TPSA) is 34.2 Å². The van der Waals surface area contributed by atoms with E-state index in [9.17, 15) is 13.2 Å². The first-order valence-corrected chi connectivity index (χ1v) is 6.43. The number of pyridine rings is 1. The van der Waals surface area contributed by atoms with Crippen LogP contribution in [0.4, 0.5) is 18.9 Å². The number of alkyl halides is 3. The molecule has 7 heteroatoms. The van der Waals surface area contributed by atoms with Crippen molar-refractivity contribution in [3.63, 3.8) is 0 Å². The zero-order chi connectivity index (χ0) is 15.5. The summed E-state index contributed by atoms with van der Waals surface area (Å²) in [5.74, 6) is -0.240. The van der Waals surface area contributed by atoms with Gasteiger partial charge in [0.2, 0.25) is 0 Å². The second-order valence-corrected chi connectivity index (χ2v) is 4.70. The van der Waals surface area contributed by atoms with Gasteiger partial charge >= 0.3 is 6.36 Å². The van der Waals surface area contributed by atoms with Gasteiger partial charge in [-0.15, -0.1) is 13.2 Å². The largest absolute Gasteiger partial charge is 0.573 e. The highest BCUT2D eigenvalue weighted by atomic mass is 35.5. The Hall–Kier alpha value is -1.95. The minimum Gasteiger partial charge on any atom is -0.406 e. The van der Waals surface area contributed by atoms with Gasteiger partial charge in [-0.3, -0.25) is 0 Å². The number of anilines is 1. The number of hydrogen-bond acceptors (Lipinski definition) is 3. The van der Waals surface area contributed by atoms with E-state index in [4.69, 9.17) is 11.6 Å². The average molecular weight is 317 g/mol. The molecular weight excluding hydrogens is 305 g/mol. The summed E-state index contributed by atoms with van der Waals surface area (Å²) in [5.41, 5.74) is 2.38. The zero-order valence-corrected chi connectivity index (χ0v) is 11.8. The summed E-state index contributed by atoms with van der Waals surface area (Å²) >= 11 is 5.76. The smallest absolute Gasteiger partial charge is 0.406 e. The number of nitrogens with zero attached hydrogens (tertiary/aromatic N) is 1. The van der Waals surface area contributed by atoms with Crippen molar-refractivity contribution in [2.75, 3.05) is 5.32 Å². The standard InChI is InChI=1S/C14H12ClF3N2O/c1-9-12(6-7-13(15)20-9)19-8-10-2-4-11(5-3-10)21-14(16,17)18/h2-7,19H,8H2,1H3. The number of rotatable bonds is 4. The lowest BCUT2D eigenvalue weighted by atomic mass is 10.2. The Labute approximate surface area is 124 Å². The third-order valence-corrected chi connectivity index (χ3v) is 2.90. The van der Waals surface area contributed by atoms with E-state index in [0.717, 1.165) is 16.9 Å². The fourth-order valence-electron chi connectivity index (χ4n) is 1.72. The number of hydrogen-bond donors (Lipinski definition) is 1. The Kier molecular flexibility index (Phi) is 4.57. The van der Waals surface area contributed by atoms with Crippen molar-refractivity contribution >= 4 is 17.3 Å². The maximum Gasteiger partial charge on any atom is 0.573 e. The quantitative estimate of drug-likeness (QED) is 0.840. The Balaban J connectivity index is 1.97. The molecule has 3 nitrogen and oxygen atoms in total. The summed E-state index contributed by atoms with van der Waals surface area (Å²) in [6.07, 6.45) is -4.67. The lowest BCUT2D eigenvalue weighted by molar-refractivity contribution is -0.274. The maximum atomic E-state index is 12.0. The second kappa shape index (κ2) is 6.22. The molecule has 21 heavy (non-hydrogen) atoms. The van der Waals surface area contributed by atoms with Gasteiger partial charge in [-0.2, -0.15) is 0 Å². The van der Waals surface area contributed by atoms with E-state index in [0.29, 0.717) is 11.7 Å². The highest BCUT2D eigenvalue weighted by Gasteiger charge is 2.30. The molecule has 0 spiro atoms. The molecule has 2 aromatic rings. The Morgan fingerprint density at radius 3 is 2.38 bits per heavy atom. The van der Waals surface area contributed by atoms with Crippen molar-refractivity contribution in [2.45, 2.75) is 19.8 Å². The van der Waals surface area contributed by atoms with Crippen molar-refractivity contribution in [3.05, 3.63) is 52.8 Å².